The van der Waals surface area contributed by atoms with Gasteiger partial charge in [-0.1, -0.05) is 24.4 Å². The van der Waals surface area contributed by atoms with Gasteiger partial charge in [-0.05, 0) is 31.6 Å². The van der Waals surface area contributed by atoms with E-state index in [-0.39, 0.29) is 17.8 Å². The van der Waals surface area contributed by atoms with E-state index in [2.05, 4.69) is 10.1 Å². The molecule has 0 bridgehead atoms. The quantitative estimate of drug-likeness (QED) is 0.846. The van der Waals surface area contributed by atoms with Crippen LogP contribution >= 0.6 is 0 Å². The largest absolute Gasteiger partial charge is 0.373 e. The van der Waals surface area contributed by atoms with Crippen LogP contribution in [0.2, 0.25) is 0 Å². The molecule has 0 aliphatic heterocycles. The van der Waals surface area contributed by atoms with Crippen molar-refractivity contribution < 1.29 is 14.1 Å². The minimum atomic E-state index is -0.180. The third-order valence-electron chi connectivity index (χ3n) is 4.65. The summed E-state index contributed by atoms with van der Waals surface area (Å²) in [6, 6.07) is 0. The van der Waals surface area contributed by atoms with E-state index >= 15 is 0 Å². The van der Waals surface area contributed by atoms with Gasteiger partial charge < -0.3 is 9.26 Å². The number of Topliss-reactive ketones (excluding diaryl/α,β-unsaturated/α-hetero) is 1. The summed E-state index contributed by atoms with van der Waals surface area (Å²) in [5.74, 6) is 1.62. The molecule has 0 amide bonds. The molecule has 2 aliphatic carbocycles. The van der Waals surface area contributed by atoms with Gasteiger partial charge in [-0.15, -0.1) is 0 Å². The Kier molecular flexibility index (Phi) is 4.15. The van der Waals surface area contributed by atoms with Crippen LogP contribution in [-0.4, -0.2) is 23.0 Å². The first-order valence-electron chi connectivity index (χ1n) is 7.68. The molecule has 0 spiro atoms. The Hall–Kier alpha value is -1.23. The molecule has 2 fully saturated rings. The predicted molar refractivity (Wildman–Crippen MR) is 72.2 cm³/mol. The summed E-state index contributed by atoms with van der Waals surface area (Å²) < 4.78 is 10.9. The number of rotatable bonds is 4. The smallest absolute Gasteiger partial charge is 0.237 e. The molecule has 0 aromatic carbocycles. The standard InChI is InChI=1S/C15H22N2O3/c1-19-13(10-6-3-2-4-7-10)14-16-15(20-17-14)11-8-5-9-12(11)18/h10-11,13H,2-9H2,1H3. The summed E-state index contributed by atoms with van der Waals surface area (Å²) in [7, 11) is 1.70. The van der Waals surface area contributed by atoms with E-state index in [9.17, 15) is 4.79 Å². The highest BCUT2D eigenvalue weighted by Gasteiger charge is 2.34. The summed E-state index contributed by atoms with van der Waals surface area (Å²) >= 11 is 0. The SMILES string of the molecule is COC(c1noc(C2CCCC2=O)n1)C1CCCCC1. The maximum atomic E-state index is 11.8. The molecule has 1 heterocycles. The Balaban J connectivity index is 1.75. The van der Waals surface area contributed by atoms with Crippen LogP contribution in [0.5, 0.6) is 0 Å². The van der Waals surface area contributed by atoms with Gasteiger partial charge in [-0.2, -0.15) is 4.98 Å². The summed E-state index contributed by atoms with van der Waals surface area (Å²) in [5, 5.41) is 4.08. The fraction of sp³-hybridized carbons (Fsp3) is 0.800. The van der Waals surface area contributed by atoms with E-state index in [0.717, 1.165) is 25.7 Å². The Bertz CT molecular complexity index is 465. The van der Waals surface area contributed by atoms with Crippen molar-refractivity contribution in [2.24, 2.45) is 5.92 Å². The van der Waals surface area contributed by atoms with Crippen molar-refractivity contribution in [3.05, 3.63) is 11.7 Å². The first-order chi connectivity index (χ1) is 9.79. The molecule has 0 N–H and O–H groups in total. The van der Waals surface area contributed by atoms with Gasteiger partial charge in [0, 0.05) is 13.5 Å². The number of hydrogen-bond acceptors (Lipinski definition) is 5. The van der Waals surface area contributed by atoms with E-state index in [1.807, 2.05) is 0 Å². The van der Waals surface area contributed by atoms with Gasteiger partial charge in [0.15, 0.2) is 0 Å². The normalized spacial score (nSPS) is 26.1. The van der Waals surface area contributed by atoms with Crippen molar-refractivity contribution in [2.45, 2.75) is 63.4 Å². The second kappa shape index (κ2) is 6.04. The van der Waals surface area contributed by atoms with Crippen molar-refractivity contribution in [2.75, 3.05) is 7.11 Å². The van der Waals surface area contributed by atoms with E-state index in [1.165, 1.54) is 19.3 Å². The molecular weight excluding hydrogens is 256 g/mol. The van der Waals surface area contributed by atoms with Crippen LogP contribution in [0.15, 0.2) is 4.52 Å². The zero-order valence-corrected chi connectivity index (χ0v) is 12.0. The van der Waals surface area contributed by atoms with E-state index in [0.29, 0.717) is 24.1 Å². The lowest BCUT2D eigenvalue weighted by Crippen LogP contribution is -2.19. The minimum Gasteiger partial charge on any atom is -0.373 e. The van der Waals surface area contributed by atoms with Gasteiger partial charge in [0.2, 0.25) is 11.7 Å². The Morgan fingerprint density at radius 3 is 2.65 bits per heavy atom. The van der Waals surface area contributed by atoms with Crippen LogP contribution in [0.3, 0.4) is 0 Å². The number of ether oxygens (including phenoxy) is 1. The van der Waals surface area contributed by atoms with Gasteiger partial charge in [0.05, 0.1) is 5.92 Å². The third-order valence-corrected chi connectivity index (χ3v) is 4.65. The molecule has 20 heavy (non-hydrogen) atoms. The number of carbonyl (C=O) groups is 1. The van der Waals surface area contributed by atoms with E-state index < -0.39 is 0 Å². The molecule has 2 atom stereocenters. The maximum absolute atomic E-state index is 11.8. The van der Waals surface area contributed by atoms with Crippen molar-refractivity contribution in [3.8, 4) is 0 Å². The second-order valence-electron chi connectivity index (χ2n) is 5.96. The van der Waals surface area contributed by atoms with Crippen molar-refractivity contribution in [3.63, 3.8) is 0 Å². The van der Waals surface area contributed by atoms with Gasteiger partial charge >= 0.3 is 0 Å². The number of aromatic nitrogens is 2. The lowest BCUT2D eigenvalue weighted by atomic mass is 9.85. The highest BCUT2D eigenvalue weighted by molar-refractivity contribution is 5.86. The molecule has 2 unspecified atom stereocenters. The summed E-state index contributed by atoms with van der Waals surface area (Å²) in [4.78, 5) is 16.2. The van der Waals surface area contributed by atoms with Crippen LogP contribution in [-0.2, 0) is 9.53 Å². The molecule has 5 nitrogen and oxygen atoms in total. The van der Waals surface area contributed by atoms with Gasteiger partial charge in [0.1, 0.15) is 11.9 Å². The lowest BCUT2D eigenvalue weighted by Gasteiger charge is -2.26. The number of hydrogen-bond donors (Lipinski definition) is 0. The van der Waals surface area contributed by atoms with Crippen molar-refractivity contribution in [1.29, 1.82) is 0 Å². The Morgan fingerprint density at radius 2 is 2.00 bits per heavy atom. The Morgan fingerprint density at radius 1 is 1.20 bits per heavy atom. The average Bonchev–Trinajstić information content (AvgIpc) is 3.10. The van der Waals surface area contributed by atoms with Crippen molar-refractivity contribution in [1.82, 2.24) is 10.1 Å². The second-order valence-corrected chi connectivity index (χ2v) is 5.96. The zero-order chi connectivity index (χ0) is 13.9. The molecule has 2 saturated carbocycles. The van der Waals surface area contributed by atoms with Crippen LogP contribution < -0.4 is 0 Å². The molecule has 3 rings (SSSR count). The topological polar surface area (TPSA) is 65.2 Å². The molecule has 5 heteroatoms. The van der Waals surface area contributed by atoms with Crippen molar-refractivity contribution >= 4 is 5.78 Å². The van der Waals surface area contributed by atoms with Crippen LogP contribution in [0.1, 0.15) is 75.1 Å². The molecule has 1 aromatic heterocycles. The van der Waals surface area contributed by atoms with Gasteiger partial charge in [0.25, 0.3) is 0 Å². The van der Waals surface area contributed by atoms with Crippen LogP contribution in [0.4, 0.5) is 0 Å². The zero-order valence-electron chi connectivity index (χ0n) is 12.0. The minimum absolute atomic E-state index is 0.0932. The molecular formula is C15H22N2O3. The third kappa shape index (κ3) is 2.64. The molecule has 0 radical (unpaired) electrons. The summed E-state index contributed by atoms with van der Waals surface area (Å²) in [6.45, 7) is 0. The maximum Gasteiger partial charge on any atom is 0.237 e. The monoisotopic (exact) mass is 278 g/mol. The number of nitrogens with zero attached hydrogens (tertiary/aromatic N) is 2. The molecule has 2 aliphatic rings. The number of ketones is 1. The summed E-state index contributed by atoms with van der Waals surface area (Å²) in [6.07, 6.45) is 8.42. The molecule has 110 valence electrons. The summed E-state index contributed by atoms with van der Waals surface area (Å²) in [5.41, 5.74) is 0. The number of methoxy groups -OCH3 is 1. The Labute approximate surface area is 119 Å². The first kappa shape index (κ1) is 13.7. The van der Waals surface area contributed by atoms with Gasteiger partial charge in [-0.25, -0.2) is 0 Å². The highest BCUT2D eigenvalue weighted by atomic mass is 16.5. The predicted octanol–water partition coefficient (Wildman–Crippen LogP) is 3.17. The van der Waals surface area contributed by atoms with Crippen LogP contribution in [0.25, 0.3) is 0 Å². The highest BCUT2D eigenvalue weighted by Crippen LogP contribution is 2.36. The average molecular weight is 278 g/mol. The van der Waals surface area contributed by atoms with Crippen LogP contribution in [0, 0.1) is 5.92 Å². The fourth-order valence-corrected chi connectivity index (χ4v) is 3.53. The molecule has 1 aromatic rings. The first-order valence-corrected chi connectivity index (χ1v) is 7.68. The fourth-order valence-electron chi connectivity index (χ4n) is 3.53. The van der Waals surface area contributed by atoms with E-state index in [1.54, 1.807) is 7.11 Å². The van der Waals surface area contributed by atoms with Gasteiger partial charge in [-0.3, -0.25) is 4.79 Å². The molecule has 0 saturated heterocycles. The lowest BCUT2D eigenvalue weighted by molar-refractivity contribution is -0.119. The number of carbonyl (C=O) groups excluding carboxylic acids is 1. The van der Waals surface area contributed by atoms with E-state index in [4.69, 9.17) is 9.26 Å².